The highest BCUT2D eigenvalue weighted by Crippen LogP contribution is 2.09. The van der Waals surface area contributed by atoms with Crippen molar-refractivity contribution < 1.29 is 0 Å². The molecular formula is C10H14N2. The zero-order valence-electron chi connectivity index (χ0n) is 7.62. The van der Waals surface area contributed by atoms with Gasteiger partial charge in [0.25, 0.3) is 0 Å². The summed E-state index contributed by atoms with van der Waals surface area (Å²) in [6, 6.07) is 0. The Hall–Kier alpha value is -1.44. The van der Waals surface area contributed by atoms with Crippen LogP contribution in [0.4, 0.5) is 0 Å². The van der Waals surface area contributed by atoms with Crippen molar-refractivity contribution in [3.05, 3.63) is 36.2 Å². The van der Waals surface area contributed by atoms with E-state index in [0.29, 0.717) is 0 Å². The van der Waals surface area contributed by atoms with E-state index in [0.717, 1.165) is 11.4 Å². The lowest BCUT2D eigenvalue weighted by Crippen LogP contribution is -1.80. The Morgan fingerprint density at radius 2 is 1.92 bits per heavy atom. The summed E-state index contributed by atoms with van der Waals surface area (Å²) in [4.78, 5) is 7.91. The molecule has 12 heavy (non-hydrogen) atoms. The predicted molar refractivity (Wildman–Crippen MR) is 55.8 cm³/mol. The van der Waals surface area contributed by atoms with Crippen LogP contribution in [-0.2, 0) is 0 Å². The van der Waals surface area contributed by atoms with Crippen LogP contribution in [0.15, 0.2) is 46.2 Å². The number of hydrogen-bond donors (Lipinski definition) is 0. The lowest BCUT2D eigenvalue weighted by atomic mass is 10.3. The van der Waals surface area contributed by atoms with Crippen molar-refractivity contribution >= 4 is 12.9 Å². The highest BCUT2D eigenvalue weighted by molar-refractivity contribution is 5.57. The molecule has 0 aromatic rings. The summed E-state index contributed by atoms with van der Waals surface area (Å²) in [7, 11) is 0. The number of aliphatic imine (C=N–C) groups is 2. The molecule has 0 saturated heterocycles. The maximum atomic E-state index is 4.08. The fourth-order valence-corrected chi connectivity index (χ4v) is 0.739. The fraction of sp³-hybridized carbons (Fsp3) is 0.200. The SMILES string of the molecule is C=C/C(N=CC)=C(\C=C/C)N=C. The van der Waals surface area contributed by atoms with Crippen LogP contribution in [0, 0.1) is 0 Å². The van der Waals surface area contributed by atoms with Crippen molar-refractivity contribution in [3.8, 4) is 0 Å². The van der Waals surface area contributed by atoms with Gasteiger partial charge < -0.3 is 0 Å². The molecule has 0 aliphatic carbocycles. The molecule has 0 aliphatic rings. The first-order valence-electron chi connectivity index (χ1n) is 3.75. The van der Waals surface area contributed by atoms with E-state index < -0.39 is 0 Å². The van der Waals surface area contributed by atoms with Gasteiger partial charge in [-0.1, -0.05) is 12.7 Å². The van der Waals surface area contributed by atoms with Gasteiger partial charge in [-0.3, -0.25) is 9.98 Å². The monoisotopic (exact) mass is 162 g/mol. The number of rotatable bonds is 4. The summed E-state index contributed by atoms with van der Waals surface area (Å²) < 4.78 is 0. The van der Waals surface area contributed by atoms with E-state index in [1.54, 1.807) is 12.3 Å². The molecule has 0 aromatic heterocycles. The average molecular weight is 162 g/mol. The molecule has 64 valence electrons. The van der Waals surface area contributed by atoms with E-state index in [1.165, 1.54) is 0 Å². The molecule has 0 saturated carbocycles. The minimum Gasteiger partial charge on any atom is -0.262 e. The molecule has 0 N–H and O–H groups in total. The smallest absolute Gasteiger partial charge is 0.0875 e. The van der Waals surface area contributed by atoms with Gasteiger partial charge in [0.2, 0.25) is 0 Å². The quantitative estimate of drug-likeness (QED) is 0.448. The summed E-state index contributed by atoms with van der Waals surface area (Å²) in [5.74, 6) is 0. The lowest BCUT2D eigenvalue weighted by molar-refractivity contribution is 1.28. The van der Waals surface area contributed by atoms with Crippen LogP contribution in [0.2, 0.25) is 0 Å². The van der Waals surface area contributed by atoms with Crippen molar-refractivity contribution in [2.45, 2.75) is 13.8 Å². The van der Waals surface area contributed by atoms with Crippen molar-refractivity contribution in [2.75, 3.05) is 0 Å². The molecule has 0 rings (SSSR count). The Balaban J connectivity index is 4.98. The van der Waals surface area contributed by atoms with Gasteiger partial charge in [-0.15, -0.1) is 0 Å². The van der Waals surface area contributed by atoms with Crippen LogP contribution in [0.25, 0.3) is 0 Å². The van der Waals surface area contributed by atoms with Gasteiger partial charge in [0.05, 0.1) is 11.4 Å². The highest BCUT2D eigenvalue weighted by atomic mass is 14.8. The van der Waals surface area contributed by atoms with Gasteiger partial charge in [-0.25, -0.2) is 0 Å². The molecule has 2 heteroatoms. The molecular weight excluding hydrogens is 148 g/mol. The minimum atomic E-state index is 0.741. The second-order valence-corrected chi connectivity index (χ2v) is 2.02. The van der Waals surface area contributed by atoms with Crippen molar-refractivity contribution in [1.82, 2.24) is 0 Å². The van der Waals surface area contributed by atoms with Crippen LogP contribution in [0.1, 0.15) is 13.8 Å². The molecule has 0 spiro atoms. The first-order valence-corrected chi connectivity index (χ1v) is 3.75. The highest BCUT2D eigenvalue weighted by Gasteiger charge is 1.93. The van der Waals surface area contributed by atoms with Gasteiger partial charge in [-0.2, -0.15) is 0 Å². The van der Waals surface area contributed by atoms with Gasteiger partial charge in [-0.05, 0) is 32.7 Å². The van der Waals surface area contributed by atoms with Crippen LogP contribution in [-0.4, -0.2) is 12.9 Å². The summed E-state index contributed by atoms with van der Waals surface area (Å²) in [5.41, 5.74) is 1.48. The normalized spacial score (nSPS) is 13.5. The largest absolute Gasteiger partial charge is 0.262 e. The standard InChI is InChI=1S/C10H14N2/c1-5-8-10(11-4)9(6-2)12-7-3/h5-8H,2,4H2,1,3H3/b8-5-,10-9-,12-7?. The van der Waals surface area contributed by atoms with Crippen molar-refractivity contribution in [3.63, 3.8) is 0 Å². The maximum absolute atomic E-state index is 4.08. The Labute approximate surface area is 73.7 Å². The third kappa shape index (κ3) is 3.10. The zero-order valence-corrected chi connectivity index (χ0v) is 7.62. The van der Waals surface area contributed by atoms with E-state index in [9.17, 15) is 0 Å². The predicted octanol–water partition coefficient (Wildman–Crippen LogP) is 2.75. The van der Waals surface area contributed by atoms with Crippen LogP contribution in [0.3, 0.4) is 0 Å². The Morgan fingerprint density at radius 3 is 2.25 bits per heavy atom. The van der Waals surface area contributed by atoms with Crippen molar-refractivity contribution in [1.29, 1.82) is 0 Å². The zero-order chi connectivity index (χ0) is 9.40. The van der Waals surface area contributed by atoms with E-state index in [4.69, 9.17) is 0 Å². The molecule has 0 amide bonds. The number of hydrogen-bond acceptors (Lipinski definition) is 2. The fourth-order valence-electron chi connectivity index (χ4n) is 0.739. The molecule has 2 nitrogen and oxygen atoms in total. The molecule has 0 heterocycles. The van der Waals surface area contributed by atoms with Gasteiger partial charge in [0.15, 0.2) is 0 Å². The number of allylic oxidation sites excluding steroid dienone is 3. The second-order valence-electron chi connectivity index (χ2n) is 2.02. The Bertz CT molecular complexity index is 219. The molecule has 0 fully saturated rings. The van der Waals surface area contributed by atoms with E-state index in [-0.39, 0.29) is 0 Å². The van der Waals surface area contributed by atoms with E-state index >= 15 is 0 Å². The molecule has 0 bridgehead atoms. The third-order valence-electron chi connectivity index (χ3n) is 1.22. The van der Waals surface area contributed by atoms with Crippen LogP contribution < -0.4 is 0 Å². The summed E-state index contributed by atoms with van der Waals surface area (Å²) in [6.07, 6.45) is 7.09. The van der Waals surface area contributed by atoms with Crippen molar-refractivity contribution in [2.24, 2.45) is 9.98 Å². The maximum Gasteiger partial charge on any atom is 0.0875 e. The number of nitrogens with zero attached hydrogens (tertiary/aromatic N) is 2. The topological polar surface area (TPSA) is 24.7 Å². The van der Waals surface area contributed by atoms with Gasteiger partial charge in [0.1, 0.15) is 0 Å². The Morgan fingerprint density at radius 1 is 1.25 bits per heavy atom. The third-order valence-corrected chi connectivity index (χ3v) is 1.22. The Kier molecular flexibility index (Phi) is 5.53. The van der Waals surface area contributed by atoms with E-state index in [1.807, 2.05) is 26.0 Å². The molecule has 0 atom stereocenters. The molecule has 0 unspecified atom stereocenters. The molecule has 0 aromatic carbocycles. The second kappa shape index (κ2) is 6.28. The van der Waals surface area contributed by atoms with Gasteiger partial charge in [0, 0.05) is 6.21 Å². The molecule has 0 aliphatic heterocycles. The van der Waals surface area contributed by atoms with Crippen LogP contribution in [0.5, 0.6) is 0 Å². The average Bonchev–Trinajstić information content (AvgIpc) is 2.11. The summed E-state index contributed by atoms with van der Waals surface area (Å²) in [5, 5.41) is 0. The minimum absolute atomic E-state index is 0.741. The first kappa shape index (κ1) is 10.6. The van der Waals surface area contributed by atoms with Gasteiger partial charge >= 0.3 is 0 Å². The first-order chi connectivity index (χ1) is 5.79. The van der Waals surface area contributed by atoms with E-state index in [2.05, 4.69) is 23.3 Å². The summed E-state index contributed by atoms with van der Waals surface area (Å²) in [6.45, 7) is 10.9. The summed E-state index contributed by atoms with van der Waals surface area (Å²) >= 11 is 0. The lowest BCUT2D eigenvalue weighted by Gasteiger charge is -1.96. The van der Waals surface area contributed by atoms with Crippen LogP contribution >= 0.6 is 0 Å². The molecule has 0 radical (unpaired) electrons.